The van der Waals surface area contributed by atoms with Gasteiger partial charge >= 0.3 is 0 Å². The Bertz CT molecular complexity index is 959. The minimum atomic E-state index is -1.08. The van der Waals surface area contributed by atoms with Gasteiger partial charge in [-0.05, 0) is 30.9 Å². The predicted molar refractivity (Wildman–Crippen MR) is 114 cm³/mol. The van der Waals surface area contributed by atoms with Crippen LogP contribution in [0, 0.1) is 5.92 Å². The number of ether oxygens (including phenoxy) is 1. The minimum Gasteiger partial charge on any atom is -0.361 e. The Kier molecular flexibility index (Phi) is 5.28. The Morgan fingerprint density at radius 1 is 1.25 bits per heavy atom. The van der Waals surface area contributed by atoms with Crippen LogP contribution in [0.4, 0.5) is 0 Å². The first kappa shape index (κ1) is 19.5. The number of nitrogens with zero attached hydrogens (tertiary/aromatic N) is 5. The molecule has 1 aliphatic carbocycles. The Balaban J connectivity index is 1.63. The molecular formula is C20H32N6OSi. The van der Waals surface area contributed by atoms with Gasteiger partial charge in [0.15, 0.2) is 11.3 Å². The first-order valence-electron chi connectivity index (χ1n) is 10.4. The molecule has 1 saturated carbocycles. The molecule has 8 heteroatoms. The normalized spacial score (nSPS) is 23.2. The maximum Gasteiger partial charge on any atom is 0.179 e. The van der Waals surface area contributed by atoms with Gasteiger partial charge in [-0.25, -0.2) is 4.98 Å². The van der Waals surface area contributed by atoms with Crippen molar-refractivity contribution in [1.29, 1.82) is 0 Å². The number of hydrogen-bond donors (Lipinski definition) is 1. The van der Waals surface area contributed by atoms with E-state index in [1.165, 1.54) is 6.04 Å². The van der Waals surface area contributed by atoms with Crippen molar-refractivity contribution in [3.63, 3.8) is 0 Å². The number of fused-ring (bicyclic) bond motifs is 3. The standard InChI is InChI=1S/C20H32N6OSi/c1-5-14-10-15(21)11-16(14)19-24-23-18-12-22-20-17(26(18)19)6-7-25(20)13-27-8-9-28(2,3)4/h6-7,12,14-16H,5,8-11,13,21H2,1-4H3. The lowest BCUT2D eigenvalue weighted by atomic mass is 9.93. The molecule has 152 valence electrons. The molecule has 1 aliphatic rings. The molecule has 4 rings (SSSR count). The molecule has 0 radical (unpaired) electrons. The monoisotopic (exact) mass is 400 g/mol. The molecule has 0 aromatic carbocycles. The van der Waals surface area contributed by atoms with Gasteiger partial charge < -0.3 is 15.0 Å². The van der Waals surface area contributed by atoms with Gasteiger partial charge in [0.2, 0.25) is 0 Å². The van der Waals surface area contributed by atoms with Gasteiger partial charge in [-0.1, -0.05) is 33.0 Å². The lowest BCUT2D eigenvalue weighted by Gasteiger charge is -2.16. The van der Waals surface area contributed by atoms with E-state index in [1.54, 1.807) is 0 Å². The number of aromatic nitrogens is 5. The minimum absolute atomic E-state index is 0.254. The molecule has 0 amide bonds. The van der Waals surface area contributed by atoms with E-state index in [2.05, 4.69) is 56.8 Å². The summed E-state index contributed by atoms with van der Waals surface area (Å²) in [5.41, 5.74) is 9.03. The molecule has 28 heavy (non-hydrogen) atoms. The summed E-state index contributed by atoms with van der Waals surface area (Å²) in [5.74, 6) is 1.95. The third-order valence-electron chi connectivity index (χ3n) is 5.98. The first-order chi connectivity index (χ1) is 13.4. The Labute approximate surface area is 167 Å². The lowest BCUT2D eigenvalue weighted by Crippen LogP contribution is -2.22. The fraction of sp³-hybridized carbons (Fsp3) is 0.650. The second-order valence-electron chi connectivity index (χ2n) is 9.36. The van der Waals surface area contributed by atoms with Gasteiger partial charge in [0, 0.05) is 32.8 Å². The molecular weight excluding hydrogens is 368 g/mol. The van der Waals surface area contributed by atoms with Crippen LogP contribution >= 0.6 is 0 Å². The zero-order chi connectivity index (χ0) is 19.9. The Hall–Kier alpha value is -1.77. The van der Waals surface area contributed by atoms with Crippen LogP contribution in [0.2, 0.25) is 25.7 Å². The molecule has 3 aromatic rings. The summed E-state index contributed by atoms with van der Waals surface area (Å²) in [5, 5.41) is 8.95. The number of nitrogens with two attached hydrogens (primary N) is 1. The molecule has 0 saturated heterocycles. The fourth-order valence-corrected chi connectivity index (χ4v) is 5.10. The lowest BCUT2D eigenvalue weighted by molar-refractivity contribution is 0.0899. The average Bonchev–Trinajstić information content (AvgIpc) is 3.33. The molecule has 2 N–H and O–H groups in total. The highest BCUT2D eigenvalue weighted by Crippen LogP contribution is 2.40. The summed E-state index contributed by atoms with van der Waals surface area (Å²) >= 11 is 0. The number of rotatable bonds is 7. The predicted octanol–water partition coefficient (Wildman–Crippen LogP) is 3.62. The third kappa shape index (κ3) is 3.73. The van der Waals surface area contributed by atoms with Crippen molar-refractivity contribution < 1.29 is 4.74 Å². The van der Waals surface area contributed by atoms with Gasteiger partial charge in [0.05, 0.1) is 11.7 Å². The largest absolute Gasteiger partial charge is 0.361 e. The van der Waals surface area contributed by atoms with Crippen LogP contribution in [0.5, 0.6) is 0 Å². The van der Waals surface area contributed by atoms with Gasteiger partial charge in [-0.15, -0.1) is 10.2 Å². The first-order valence-corrected chi connectivity index (χ1v) is 14.1. The Morgan fingerprint density at radius 3 is 2.82 bits per heavy atom. The van der Waals surface area contributed by atoms with E-state index in [1.807, 2.05) is 12.4 Å². The van der Waals surface area contributed by atoms with Gasteiger partial charge in [0.25, 0.3) is 0 Å². The van der Waals surface area contributed by atoms with Gasteiger partial charge in [0.1, 0.15) is 12.6 Å². The molecule has 3 aromatic heterocycles. The van der Waals surface area contributed by atoms with Crippen molar-refractivity contribution in [2.24, 2.45) is 11.7 Å². The van der Waals surface area contributed by atoms with Crippen molar-refractivity contribution in [1.82, 2.24) is 24.1 Å². The van der Waals surface area contributed by atoms with Crippen LogP contribution in [-0.2, 0) is 11.5 Å². The summed E-state index contributed by atoms with van der Waals surface area (Å²) in [6, 6.07) is 3.52. The van der Waals surface area contributed by atoms with Crippen LogP contribution in [0.1, 0.15) is 37.9 Å². The van der Waals surface area contributed by atoms with Gasteiger partial charge in [-0.2, -0.15) is 0 Å². The molecule has 0 spiro atoms. The van der Waals surface area contributed by atoms with Crippen molar-refractivity contribution in [2.75, 3.05) is 6.61 Å². The van der Waals surface area contributed by atoms with Crippen LogP contribution < -0.4 is 5.73 Å². The van der Waals surface area contributed by atoms with Crippen LogP contribution in [0.15, 0.2) is 18.5 Å². The van der Waals surface area contributed by atoms with E-state index >= 15 is 0 Å². The second-order valence-corrected chi connectivity index (χ2v) is 15.0. The summed E-state index contributed by atoms with van der Waals surface area (Å²) in [6.07, 6.45) is 7.02. The van der Waals surface area contributed by atoms with Gasteiger partial charge in [-0.3, -0.25) is 4.40 Å². The molecule has 7 nitrogen and oxygen atoms in total. The van der Waals surface area contributed by atoms with E-state index in [-0.39, 0.29) is 6.04 Å². The maximum absolute atomic E-state index is 6.27. The van der Waals surface area contributed by atoms with Crippen LogP contribution in [-0.4, -0.2) is 44.9 Å². The summed E-state index contributed by atoms with van der Waals surface area (Å²) in [4.78, 5) is 4.63. The number of hydrogen-bond acceptors (Lipinski definition) is 5. The highest BCUT2D eigenvalue weighted by molar-refractivity contribution is 6.76. The van der Waals surface area contributed by atoms with Crippen LogP contribution in [0.3, 0.4) is 0 Å². The summed E-state index contributed by atoms with van der Waals surface area (Å²) in [7, 11) is -1.08. The van der Waals surface area contributed by atoms with E-state index < -0.39 is 8.07 Å². The topological polar surface area (TPSA) is 83.3 Å². The fourth-order valence-electron chi connectivity index (χ4n) is 4.35. The molecule has 0 bridgehead atoms. The zero-order valence-electron chi connectivity index (χ0n) is 17.4. The molecule has 3 heterocycles. The Morgan fingerprint density at radius 2 is 2.07 bits per heavy atom. The van der Waals surface area contributed by atoms with E-state index in [0.717, 1.165) is 48.5 Å². The quantitative estimate of drug-likeness (QED) is 0.484. The smallest absolute Gasteiger partial charge is 0.179 e. The molecule has 1 fully saturated rings. The van der Waals surface area contributed by atoms with Crippen molar-refractivity contribution in [3.8, 4) is 0 Å². The highest BCUT2D eigenvalue weighted by atomic mass is 28.3. The third-order valence-corrected chi connectivity index (χ3v) is 7.69. The van der Waals surface area contributed by atoms with E-state index in [0.29, 0.717) is 18.6 Å². The van der Waals surface area contributed by atoms with Crippen molar-refractivity contribution >= 4 is 24.9 Å². The van der Waals surface area contributed by atoms with Crippen molar-refractivity contribution in [2.45, 2.75) is 70.6 Å². The summed E-state index contributed by atoms with van der Waals surface area (Å²) < 4.78 is 10.2. The van der Waals surface area contributed by atoms with Crippen molar-refractivity contribution in [3.05, 3.63) is 24.3 Å². The van der Waals surface area contributed by atoms with E-state index in [4.69, 9.17) is 10.5 Å². The molecule has 0 aliphatic heterocycles. The SMILES string of the molecule is CCC1CC(N)CC1c1nnc2cnc3c(ccn3COCC[Si](C)(C)C)n12. The zero-order valence-corrected chi connectivity index (χ0v) is 18.4. The maximum atomic E-state index is 6.27. The summed E-state index contributed by atoms with van der Waals surface area (Å²) in [6.45, 7) is 10.7. The molecule has 3 atom stereocenters. The molecule has 3 unspecified atom stereocenters. The second kappa shape index (κ2) is 7.57. The average molecular weight is 401 g/mol. The highest BCUT2D eigenvalue weighted by Gasteiger charge is 2.35. The van der Waals surface area contributed by atoms with Crippen LogP contribution in [0.25, 0.3) is 16.8 Å². The van der Waals surface area contributed by atoms with E-state index in [9.17, 15) is 0 Å².